The van der Waals surface area contributed by atoms with Crippen LogP contribution < -0.4 is 20.3 Å². The predicted molar refractivity (Wildman–Crippen MR) is 106 cm³/mol. The van der Waals surface area contributed by atoms with Crippen LogP contribution in [0.25, 0.3) is 5.69 Å². The second kappa shape index (κ2) is 7.67. The van der Waals surface area contributed by atoms with E-state index in [9.17, 15) is 9.59 Å². The maximum absolute atomic E-state index is 12.9. The number of hydrogen-bond donors (Lipinski definition) is 1. The highest BCUT2D eigenvalue weighted by atomic mass is 16.5. The van der Waals surface area contributed by atoms with E-state index in [2.05, 4.69) is 10.2 Å². The van der Waals surface area contributed by atoms with Gasteiger partial charge in [0.05, 0.1) is 25.5 Å². The Morgan fingerprint density at radius 1 is 1.11 bits per heavy atom. The van der Waals surface area contributed by atoms with Crippen molar-refractivity contribution in [1.82, 2.24) is 14.8 Å². The second-order valence-corrected chi connectivity index (χ2v) is 7.38. The molecule has 0 aliphatic carbocycles. The van der Waals surface area contributed by atoms with Crippen molar-refractivity contribution in [3.05, 3.63) is 52.4 Å². The molecule has 2 aromatic rings. The van der Waals surface area contributed by atoms with Gasteiger partial charge in [0.1, 0.15) is 11.5 Å². The molecule has 0 radical (unpaired) electrons. The number of pyridine rings is 1. The smallest absolute Gasteiger partial charge is 0.255 e. The number of carbonyl (C=O) groups excluding carboxylic acids is 1. The van der Waals surface area contributed by atoms with Crippen LogP contribution in [0.3, 0.4) is 0 Å². The third kappa shape index (κ3) is 3.49. The zero-order valence-electron chi connectivity index (χ0n) is 16.2. The van der Waals surface area contributed by atoms with Crippen LogP contribution in [0.15, 0.2) is 41.3 Å². The average Bonchev–Trinajstić information content (AvgIpc) is 2.74. The summed E-state index contributed by atoms with van der Waals surface area (Å²) in [7, 11) is 3.10. The monoisotopic (exact) mass is 383 g/mol. The van der Waals surface area contributed by atoms with E-state index < -0.39 is 0 Å². The Bertz CT molecular complexity index is 931. The maximum Gasteiger partial charge on any atom is 0.255 e. The Hall–Kier alpha value is -2.80. The third-order valence-corrected chi connectivity index (χ3v) is 5.79. The molecular weight excluding hydrogens is 358 g/mol. The Morgan fingerprint density at radius 2 is 1.89 bits per heavy atom. The van der Waals surface area contributed by atoms with E-state index in [-0.39, 0.29) is 17.5 Å². The molecule has 3 aliphatic rings. The van der Waals surface area contributed by atoms with Gasteiger partial charge in [0.2, 0.25) is 0 Å². The van der Waals surface area contributed by atoms with Crippen LogP contribution >= 0.6 is 0 Å². The highest BCUT2D eigenvalue weighted by Crippen LogP contribution is 2.28. The first kappa shape index (κ1) is 18.6. The van der Waals surface area contributed by atoms with Crippen LogP contribution in [0.5, 0.6) is 11.5 Å². The highest BCUT2D eigenvalue weighted by Gasteiger charge is 2.35. The zero-order chi connectivity index (χ0) is 19.7. The summed E-state index contributed by atoms with van der Waals surface area (Å²) in [6, 6.07) is 8.36. The molecular formula is C21H25N3O4. The van der Waals surface area contributed by atoms with E-state index >= 15 is 0 Å². The van der Waals surface area contributed by atoms with E-state index in [4.69, 9.17) is 9.47 Å². The van der Waals surface area contributed by atoms with Gasteiger partial charge in [0.15, 0.2) is 0 Å². The van der Waals surface area contributed by atoms with E-state index in [1.54, 1.807) is 44.7 Å². The molecule has 0 saturated carbocycles. The molecule has 0 spiro atoms. The fraction of sp³-hybridized carbons (Fsp3) is 0.429. The molecule has 3 aliphatic heterocycles. The lowest BCUT2D eigenvalue weighted by Gasteiger charge is -2.44. The van der Waals surface area contributed by atoms with E-state index in [1.807, 2.05) is 0 Å². The number of carbonyl (C=O) groups is 1. The minimum absolute atomic E-state index is 0.158. The van der Waals surface area contributed by atoms with Crippen molar-refractivity contribution in [3.63, 3.8) is 0 Å². The molecule has 3 saturated heterocycles. The van der Waals surface area contributed by atoms with Crippen molar-refractivity contribution in [2.45, 2.75) is 18.9 Å². The lowest BCUT2D eigenvalue weighted by Crippen LogP contribution is -2.57. The van der Waals surface area contributed by atoms with Crippen LogP contribution in [0, 0.1) is 5.92 Å². The van der Waals surface area contributed by atoms with Crippen molar-refractivity contribution < 1.29 is 14.3 Å². The number of fused-ring (bicyclic) bond motifs is 3. The summed E-state index contributed by atoms with van der Waals surface area (Å²) < 4.78 is 12.1. The molecule has 3 fully saturated rings. The summed E-state index contributed by atoms with van der Waals surface area (Å²) >= 11 is 0. The standard InChI is InChI=1S/C21H25N3O4/c1-27-16-4-5-19(28-2)18(11-16)24-12-15(3-6-20(24)25)21(26)22-17-13-23-9-7-14(17)8-10-23/h3-6,11-12,14,17H,7-10,13H2,1-2H3,(H,22,26). The topological polar surface area (TPSA) is 72.8 Å². The van der Waals surface area contributed by atoms with Gasteiger partial charge >= 0.3 is 0 Å². The second-order valence-electron chi connectivity index (χ2n) is 7.38. The van der Waals surface area contributed by atoms with Gasteiger partial charge in [-0.15, -0.1) is 0 Å². The number of methoxy groups -OCH3 is 2. The van der Waals surface area contributed by atoms with Crippen LogP contribution in [-0.4, -0.2) is 55.3 Å². The molecule has 5 rings (SSSR count). The molecule has 28 heavy (non-hydrogen) atoms. The number of piperidine rings is 3. The van der Waals surface area contributed by atoms with Crippen molar-refractivity contribution in [2.75, 3.05) is 33.9 Å². The normalized spacial score (nSPS) is 23.3. The molecule has 1 aromatic heterocycles. The predicted octanol–water partition coefficient (Wildman–Crippen LogP) is 1.68. The van der Waals surface area contributed by atoms with Crippen LogP contribution in [0.2, 0.25) is 0 Å². The van der Waals surface area contributed by atoms with Gasteiger partial charge in [-0.2, -0.15) is 0 Å². The Labute approximate surface area is 163 Å². The van der Waals surface area contributed by atoms with Gasteiger partial charge < -0.3 is 19.7 Å². The Morgan fingerprint density at radius 3 is 2.54 bits per heavy atom. The summed E-state index contributed by atoms with van der Waals surface area (Å²) in [5, 5.41) is 3.16. The number of hydrogen-bond acceptors (Lipinski definition) is 5. The Balaban J connectivity index is 1.62. The van der Waals surface area contributed by atoms with Gasteiger partial charge in [-0.05, 0) is 50.0 Å². The number of nitrogens with one attached hydrogen (secondary N) is 1. The van der Waals surface area contributed by atoms with Gasteiger partial charge in [0.25, 0.3) is 11.5 Å². The molecule has 1 aromatic carbocycles. The number of benzene rings is 1. The molecule has 1 atom stereocenters. The van der Waals surface area contributed by atoms with Gasteiger partial charge in [0, 0.05) is 30.9 Å². The average molecular weight is 383 g/mol. The SMILES string of the molecule is COc1ccc(OC)c(-n2cc(C(=O)NC3CN4CCC3CC4)ccc2=O)c1. The summed E-state index contributed by atoms with van der Waals surface area (Å²) in [5.41, 5.74) is 0.733. The summed E-state index contributed by atoms with van der Waals surface area (Å²) in [5.74, 6) is 1.51. The third-order valence-electron chi connectivity index (χ3n) is 5.79. The summed E-state index contributed by atoms with van der Waals surface area (Å²) in [6.45, 7) is 3.15. The van der Waals surface area contributed by atoms with Gasteiger partial charge in [-0.25, -0.2) is 0 Å². The minimum Gasteiger partial charge on any atom is -0.497 e. The summed E-state index contributed by atoms with van der Waals surface area (Å²) in [6.07, 6.45) is 3.83. The van der Waals surface area contributed by atoms with E-state index in [0.717, 1.165) is 32.5 Å². The van der Waals surface area contributed by atoms with E-state index in [0.29, 0.717) is 28.7 Å². The largest absolute Gasteiger partial charge is 0.497 e. The zero-order valence-corrected chi connectivity index (χ0v) is 16.2. The van der Waals surface area contributed by atoms with Crippen molar-refractivity contribution in [1.29, 1.82) is 0 Å². The molecule has 7 heteroatoms. The minimum atomic E-state index is -0.245. The van der Waals surface area contributed by atoms with E-state index in [1.165, 1.54) is 10.6 Å². The highest BCUT2D eigenvalue weighted by molar-refractivity contribution is 5.94. The van der Waals surface area contributed by atoms with Crippen molar-refractivity contribution in [2.24, 2.45) is 5.92 Å². The number of rotatable bonds is 5. The molecule has 7 nitrogen and oxygen atoms in total. The lowest BCUT2D eigenvalue weighted by atomic mass is 9.84. The maximum atomic E-state index is 12.9. The van der Waals surface area contributed by atoms with Crippen molar-refractivity contribution in [3.8, 4) is 17.2 Å². The first-order chi connectivity index (χ1) is 13.6. The molecule has 1 unspecified atom stereocenters. The number of nitrogens with zero attached hydrogens (tertiary/aromatic N) is 2. The van der Waals surface area contributed by atoms with Gasteiger partial charge in [-0.1, -0.05) is 0 Å². The number of ether oxygens (including phenoxy) is 2. The molecule has 1 amide bonds. The molecule has 148 valence electrons. The fourth-order valence-corrected chi connectivity index (χ4v) is 4.18. The quantitative estimate of drug-likeness (QED) is 0.851. The lowest BCUT2D eigenvalue weighted by molar-refractivity contribution is 0.0620. The van der Waals surface area contributed by atoms with Crippen LogP contribution in [0.1, 0.15) is 23.2 Å². The first-order valence-electron chi connectivity index (χ1n) is 9.57. The van der Waals surface area contributed by atoms with Crippen LogP contribution in [-0.2, 0) is 0 Å². The number of aromatic nitrogens is 1. The number of amides is 1. The molecule has 1 N–H and O–H groups in total. The summed E-state index contributed by atoms with van der Waals surface area (Å²) in [4.78, 5) is 27.7. The Kier molecular flexibility index (Phi) is 5.09. The van der Waals surface area contributed by atoms with Crippen molar-refractivity contribution >= 4 is 5.91 Å². The molecule has 2 bridgehead atoms. The molecule has 4 heterocycles. The van der Waals surface area contributed by atoms with Crippen LogP contribution in [0.4, 0.5) is 0 Å². The first-order valence-corrected chi connectivity index (χ1v) is 9.57. The fourth-order valence-electron chi connectivity index (χ4n) is 4.18. The van der Waals surface area contributed by atoms with Gasteiger partial charge in [-0.3, -0.25) is 14.2 Å².